The van der Waals surface area contributed by atoms with E-state index in [9.17, 15) is 13.6 Å². The number of carbonyl (C=O) groups is 1. The standard InChI is InChI=1S/C8H9F2N3O/c9-8(10)5-1-4(2-11)7(12)6(3-14)13-5/h1,3,8H,2,11-12H2. The molecule has 0 aliphatic rings. The van der Waals surface area contributed by atoms with Crippen LogP contribution in [0.2, 0.25) is 0 Å². The van der Waals surface area contributed by atoms with E-state index in [4.69, 9.17) is 11.5 Å². The molecule has 0 amide bonds. The summed E-state index contributed by atoms with van der Waals surface area (Å²) in [5.74, 6) is 0. The van der Waals surface area contributed by atoms with E-state index in [-0.39, 0.29) is 17.9 Å². The minimum Gasteiger partial charge on any atom is -0.397 e. The van der Waals surface area contributed by atoms with Gasteiger partial charge in [0.05, 0.1) is 5.69 Å². The van der Waals surface area contributed by atoms with Crippen molar-refractivity contribution in [3.63, 3.8) is 0 Å². The highest BCUT2D eigenvalue weighted by atomic mass is 19.3. The second-order valence-electron chi connectivity index (χ2n) is 2.63. The van der Waals surface area contributed by atoms with Gasteiger partial charge in [0.25, 0.3) is 6.43 Å². The highest BCUT2D eigenvalue weighted by Crippen LogP contribution is 2.22. The molecule has 0 bridgehead atoms. The zero-order chi connectivity index (χ0) is 10.7. The van der Waals surface area contributed by atoms with Gasteiger partial charge in [-0.15, -0.1) is 0 Å². The third-order valence-corrected chi connectivity index (χ3v) is 1.75. The van der Waals surface area contributed by atoms with E-state index in [1.807, 2.05) is 0 Å². The van der Waals surface area contributed by atoms with Gasteiger partial charge in [0, 0.05) is 6.54 Å². The van der Waals surface area contributed by atoms with Crippen LogP contribution in [-0.2, 0) is 6.54 Å². The van der Waals surface area contributed by atoms with Crippen LogP contribution < -0.4 is 11.5 Å². The second-order valence-corrected chi connectivity index (χ2v) is 2.63. The van der Waals surface area contributed by atoms with Crippen molar-refractivity contribution in [2.75, 3.05) is 5.73 Å². The van der Waals surface area contributed by atoms with Gasteiger partial charge in [-0.3, -0.25) is 4.79 Å². The summed E-state index contributed by atoms with van der Waals surface area (Å²) in [4.78, 5) is 13.8. The number of aromatic nitrogens is 1. The van der Waals surface area contributed by atoms with Gasteiger partial charge in [0.1, 0.15) is 11.4 Å². The number of halogens is 2. The van der Waals surface area contributed by atoms with Crippen LogP contribution in [0, 0.1) is 0 Å². The number of hydrogen-bond acceptors (Lipinski definition) is 4. The lowest BCUT2D eigenvalue weighted by molar-refractivity contribution is 0.111. The molecule has 14 heavy (non-hydrogen) atoms. The summed E-state index contributed by atoms with van der Waals surface area (Å²) in [5.41, 5.74) is 10.4. The van der Waals surface area contributed by atoms with E-state index >= 15 is 0 Å². The number of nitrogen functional groups attached to an aromatic ring is 1. The summed E-state index contributed by atoms with van der Waals surface area (Å²) in [7, 11) is 0. The predicted molar refractivity (Wildman–Crippen MR) is 46.9 cm³/mol. The smallest absolute Gasteiger partial charge is 0.280 e. The van der Waals surface area contributed by atoms with Crippen molar-refractivity contribution in [1.29, 1.82) is 0 Å². The van der Waals surface area contributed by atoms with Crippen LogP contribution in [0.3, 0.4) is 0 Å². The first-order valence-corrected chi connectivity index (χ1v) is 3.82. The van der Waals surface area contributed by atoms with Crippen LogP contribution >= 0.6 is 0 Å². The average Bonchev–Trinajstić information content (AvgIpc) is 2.17. The highest BCUT2D eigenvalue weighted by Gasteiger charge is 2.14. The van der Waals surface area contributed by atoms with E-state index in [2.05, 4.69) is 4.98 Å². The number of aldehydes is 1. The van der Waals surface area contributed by atoms with E-state index in [0.29, 0.717) is 11.8 Å². The van der Waals surface area contributed by atoms with E-state index in [1.165, 1.54) is 0 Å². The molecule has 0 spiro atoms. The zero-order valence-corrected chi connectivity index (χ0v) is 7.21. The molecular weight excluding hydrogens is 192 g/mol. The number of rotatable bonds is 3. The fourth-order valence-corrected chi connectivity index (χ4v) is 1.02. The Morgan fingerprint density at radius 1 is 1.57 bits per heavy atom. The summed E-state index contributed by atoms with van der Waals surface area (Å²) < 4.78 is 24.5. The first kappa shape index (κ1) is 10.5. The Morgan fingerprint density at radius 2 is 2.21 bits per heavy atom. The number of pyridine rings is 1. The number of nitrogens with two attached hydrogens (primary N) is 2. The number of anilines is 1. The fraction of sp³-hybridized carbons (Fsp3) is 0.250. The van der Waals surface area contributed by atoms with Gasteiger partial charge in [-0.25, -0.2) is 13.8 Å². The first-order chi connectivity index (χ1) is 6.60. The van der Waals surface area contributed by atoms with Crippen molar-refractivity contribution in [3.8, 4) is 0 Å². The zero-order valence-electron chi connectivity index (χ0n) is 7.21. The minimum absolute atomic E-state index is 0.00505. The molecule has 0 atom stereocenters. The summed E-state index contributed by atoms with van der Waals surface area (Å²) in [6, 6.07) is 1.10. The molecule has 6 heteroatoms. The molecule has 0 aliphatic carbocycles. The molecule has 0 unspecified atom stereocenters. The monoisotopic (exact) mass is 201 g/mol. The first-order valence-electron chi connectivity index (χ1n) is 3.82. The van der Waals surface area contributed by atoms with E-state index < -0.39 is 12.1 Å². The number of nitrogens with zero attached hydrogens (tertiary/aromatic N) is 1. The van der Waals surface area contributed by atoms with Crippen LogP contribution in [0.5, 0.6) is 0 Å². The van der Waals surface area contributed by atoms with Crippen LogP contribution in [-0.4, -0.2) is 11.3 Å². The van der Waals surface area contributed by atoms with Gasteiger partial charge < -0.3 is 11.5 Å². The Balaban J connectivity index is 3.31. The molecule has 4 nitrogen and oxygen atoms in total. The van der Waals surface area contributed by atoms with Gasteiger partial charge in [-0.1, -0.05) is 0 Å². The molecule has 0 saturated carbocycles. The molecule has 0 radical (unpaired) electrons. The largest absolute Gasteiger partial charge is 0.397 e. The third kappa shape index (κ3) is 1.85. The van der Waals surface area contributed by atoms with Crippen molar-refractivity contribution < 1.29 is 13.6 Å². The normalized spacial score (nSPS) is 10.6. The number of alkyl halides is 2. The van der Waals surface area contributed by atoms with Gasteiger partial charge in [0.15, 0.2) is 6.29 Å². The Labute approximate surface area is 78.9 Å². The van der Waals surface area contributed by atoms with Crippen molar-refractivity contribution >= 4 is 12.0 Å². The molecule has 0 aliphatic heterocycles. The topological polar surface area (TPSA) is 82.0 Å². The Hall–Kier alpha value is -1.56. The SMILES string of the molecule is NCc1cc(C(F)F)nc(C=O)c1N. The molecule has 1 rings (SSSR count). The van der Waals surface area contributed by atoms with E-state index in [1.54, 1.807) is 0 Å². The summed E-state index contributed by atoms with van der Waals surface area (Å²) >= 11 is 0. The van der Waals surface area contributed by atoms with E-state index in [0.717, 1.165) is 6.07 Å². The molecule has 1 aromatic rings. The Kier molecular flexibility index (Phi) is 3.08. The lowest BCUT2D eigenvalue weighted by Crippen LogP contribution is -2.08. The second kappa shape index (κ2) is 4.10. The fourth-order valence-electron chi connectivity index (χ4n) is 1.02. The quantitative estimate of drug-likeness (QED) is 0.711. The summed E-state index contributed by atoms with van der Waals surface area (Å²) in [5, 5.41) is 0. The van der Waals surface area contributed by atoms with Gasteiger partial charge in [-0.2, -0.15) is 0 Å². The van der Waals surface area contributed by atoms with Crippen molar-refractivity contribution in [2.24, 2.45) is 5.73 Å². The van der Waals surface area contributed by atoms with Gasteiger partial charge >= 0.3 is 0 Å². The van der Waals surface area contributed by atoms with Gasteiger partial charge in [-0.05, 0) is 11.6 Å². The Bertz CT molecular complexity index is 355. The maximum atomic E-state index is 12.3. The lowest BCUT2D eigenvalue weighted by atomic mass is 10.1. The van der Waals surface area contributed by atoms with Crippen molar-refractivity contribution in [3.05, 3.63) is 23.0 Å². The van der Waals surface area contributed by atoms with Gasteiger partial charge in [0.2, 0.25) is 0 Å². The third-order valence-electron chi connectivity index (χ3n) is 1.75. The molecule has 1 aromatic heterocycles. The van der Waals surface area contributed by atoms with Crippen LogP contribution in [0.25, 0.3) is 0 Å². The molecular formula is C8H9F2N3O. The average molecular weight is 201 g/mol. The molecule has 0 aromatic carbocycles. The molecule has 0 saturated heterocycles. The van der Waals surface area contributed by atoms with Crippen molar-refractivity contribution in [2.45, 2.75) is 13.0 Å². The molecule has 1 heterocycles. The molecule has 76 valence electrons. The van der Waals surface area contributed by atoms with Crippen LogP contribution in [0.15, 0.2) is 6.07 Å². The highest BCUT2D eigenvalue weighted by molar-refractivity contribution is 5.81. The minimum atomic E-state index is -2.74. The maximum Gasteiger partial charge on any atom is 0.280 e. The summed E-state index contributed by atoms with van der Waals surface area (Å²) in [6.45, 7) is -0.00505. The number of hydrogen-bond donors (Lipinski definition) is 2. The lowest BCUT2D eigenvalue weighted by Gasteiger charge is -2.07. The molecule has 0 fully saturated rings. The molecule has 4 N–H and O–H groups in total. The van der Waals surface area contributed by atoms with Crippen molar-refractivity contribution in [1.82, 2.24) is 4.98 Å². The number of carbonyl (C=O) groups excluding carboxylic acids is 1. The van der Waals surface area contributed by atoms with Crippen LogP contribution in [0.1, 0.15) is 28.2 Å². The maximum absolute atomic E-state index is 12.3. The summed E-state index contributed by atoms with van der Waals surface area (Å²) in [6.07, 6.45) is -2.40. The predicted octanol–water partition coefficient (Wildman–Crippen LogP) is 0.873. The van der Waals surface area contributed by atoms with Crippen LogP contribution in [0.4, 0.5) is 14.5 Å². The Morgan fingerprint density at radius 3 is 2.64 bits per heavy atom.